The van der Waals surface area contributed by atoms with Gasteiger partial charge in [0.05, 0.1) is 11.4 Å². The van der Waals surface area contributed by atoms with Crippen molar-refractivity contribution < 1.29 is 0 Å². The summed E-state index contributed by atoms with van der Waals surface area (Å²) in [4.78, 5) is 5.52. The van der Waals surface area contributed by atoms with Crippen LogP contribution in [0.3, 0.4) is 0 Å². The average molecular weight is 659 g/mol. The molecule has 0 unspecified atom stereocenters. The first kappa shape index (κ1) is 35.3. The van der Waals surface area contributed by atoms with E-state index in [1.165, 1.54) is 78.3 Å². The van der Waals surface area contributed by atoms with Gasteiger partial charge in [-0.15, -0.1) is 0 Å². The zero-order chi connectivity index (χ0) is 35.9. The van der Waals surface area contributed by atoms with Crippen LogP contribution < -0.4 is 15.1 Å². The molecule has 0 atom stereocenters. The minimum Gasteiger partial charge on any atom is -0.359 e. The second-order valence-corrected chi connectivity index (χ2v) is 15.5. The lowest BCUT2D eigenvalue weighted by atomic mass is 9.59. The second-order valence-electron chi connectivity index (χ2n) is 15.5. The molecular weight excluding hydrogens is 603 g/mol. The van der Waals surface area contributed by atoms with E-state index in [4.69, 9.17) is 0 Å². The minimum atomic E-state index is -0.129. The van der Waals surface area contributed by atoms with Crippen molar-refractivity contribution in [3.63, 3.8) is 0 Å². The summed E-state index contributed by atoms with van der Waals surface area (Å²) < 4.78 is 0. The molecule has 5 aromatic carbocycles. The summed E-state index contributed by atoms with van der Waals surface area (Å²) in [5.74, 6) is 1.35. The molecule has 1 aliphatic rings. The summed E-state index contributed by atoms with van der Waals surface area (Å²) in [6.45, 7) is 25.5. The standard InChI is InChI=1S/C47H55BN2/c1-30(2)39-24-18-25-40(31(3)4)46(39)49-44(37-20-14-12-15-21-37)45(38-22-16-13-17-23-38)50(48(49)43-35(10)28-34(9)29-36(43)11)47-41(32(5)6)26-19-27-42(47)33(7)8/h12-33H,1-11H3. The summed E-state index contributed by atoms with van der Waals surface area (Å²) in [5, 5.41) is 0. The molecular formula is C47H55BN2. The third-order valence-corrected chi connectivity index (χ3v) is 10.5. The summed E-state index contributed by atoms with van der Waals surface area (Å²) in [6.07, 6.45) is 0. The number of hydrogen-bond acceptors (Lipinski definition) is 2. The Labute approximate surface area is 303 Å². The van der Waals surface area contributed by atoms with E-state index >= 15 is 0 Å². The van der Waals surface area contributed by atoms with Crippen molar-refractivity contribution in [2.24, 2.45) is 0 Å². The highest BCUT2D eigenvalue weighted by Gasteiger charge is 2.49. The molecule has 0 amide bonds. The second kappa shape index (κ2) is 14.4. The summed E-state index contributed by atoms with van der Waals surface area (Å²) >= 11 is 0. The van der Waals surface area contributed by atoms with Crippen LogP contribution in [-0.2, 0) is 0 Å². The van der Waals surface area contributed by atoms with Gasteiger partial charge in [-0.2, -0.15) is 0 Å². The molecule has 5 aromatic rings. The molecule has 50 heavy (non-hydrogen) atoms. The van der Waals surface area contributed by atoms with Crippen molar-refractivity contribution in [1.29, 1.82) is 0 Å². The predicted octanol–water partition coefficient (Wildman–Crippen LogP) is 12.4. The number of anilines is 2. The molecule has 3 heteroatoms. The van der Waals surface area contributed by atoms with Gasteiger partial charge in [0.1, 0.15) is 0 Å². The van der Waals surface area contributed by atoms with Crippen LogP contribution in [0.15, 0.2) is 109 Å². The molecule has 1 aliphatic heterocycles. The Morgan fingerprint density at radius 3 is 1.04 bits per heavy atom. The zero-order valence-electron chi connectivity index (χ0n) is 32.2. The van der Waals surface area contributed by atoms with Crippen molar-refractivity contribution in [3.05, 3.63) is 159 Å². The molecule has 0 fully saturated rings. The van der Waals surface area contributed by atoms with Crippen molar-refractivity contribution >= 4 is 35.2 Å². The summed E-state index contributed by atoms with van der Waals surface area (Å²) in [6, 6.07) is 41.1. The molecule has 1 heterocycles. The van der Waals surface area contributed by atoms with Crippen LogP contribution >= 0.6 is 0 Å². The van der Waals surface area contributed by atoms with Crippen LogP contribution in [0.4, 0.5) is 11.4 Å². The summed E-state index contributed by atoms with van der Waals surface area (Å²) in [5.41, 5.74) is 18.5. The van der Waals surface area contributed by atoms with E-state index in [1.54, 1.807) is 0 Å². The Morgan fingerprint density at radius 2 is 0.740 bits per heavy atom. The molecule has 6 rings (SSSR count). The van der Waals surface area contributed by atoms with E-state index in [-0.39, 0.29) is 6.98 Å². The Balaban J connectivity index is 1.91. The molecule has 0 radical (unpaired) electrons. The van der Waals surface area contributed by atoms with Crippen molar-refractivity contribution in [2.45, 2.75) is 99.8 Å². The number of benzene rings is 5. The Morgan fingerprint density at radius 1 is 0.420 bits per heavy atom. The van der Waals surface area contributed by atoms with Gasteiger partial charge in [0.25, 0.3) is 0 Å². The molecule has 0 aromatic heterocycles. The largest absolute Gasteiger partial charge is 0.421 e. The molecule has 0 spiro atoms. The van der Waals surface area contributed by atoms with E-state index in [9.17, 15) is 0 Å². The van der Waals surface area contributed by atoms with E-state index in [0.717, 1.165) is 0 Å². The fraction of sp³-hybridized carbons (Fsp3) is 0.319. The topological polar surface area (TPSA) is 6.48 Å². The fourth-order valence-corrected chi connectivity index (χ4v) is 8.24. The molecule has 0 saturated carbocycles. The van der Waals surface area contributed by atoms with E-state index in [0.29, 0.717) is 23.7 Å². The normalized spacial score (nSPS) is 13.6. The van der Waals surface area contributed by atoms with Gasteiger partial charge >= 0.3 is 6.98 Å². The summed E-state index contributed by atoms with van der Waals surface area (Å²) in [7, 11) is 0. The maximum Gasteiger partial charge on any atom is 0.421 e. The van der Waals surface area contributed by atoms with Crippen molar-refractivity contribution in [2.75, 3.05) is 9.62 Å². The third-order valence-electron chi connectivity index (χ3n) is 10.5. The van der Waals surface area contributed by atoms with Crippen LogP contribution in [0.25, 0.3) is 11.4 Å². The van der Waals surface area contributed by atoms with Gasteiger partial charge in [0, 0.05) is 11.4 Å². The first-order chi connectivity index (χ1) is 23.9. The fourth-order valence-electron chi connectivity index (χ4n) is 8.24. The van der Waals surface area contributed by atoms with Crippen LogP contribution in [-0.4, -0.2) is 6.98 Å². The van der Waals surface area contributed by atoms with E-state index in [2.05, 4.69) is 195 Å². The van der Waals surface area contributed by atoms with Gasteiger partial charge in [-0.1, -0.05) is 181 Å². The monoisotopic (exact) mass is 658 g/mol. The average Bonchev–Trinajstić information content (AvgIpc) is 3.42. The highest BCUT2D eigenvalue weighted by atomic mass is 15.3. The molecule has 2 nitrogen and oxygen atoms in total. The van der Waals surface area contributed by atoms with Gasteiger partial charge in [-0.3, -0.25) is 0 Å². The van der Waals surface area contributed by atoms with Gasteiger partial charge in [0.15, 0.2) is 0 Å². The number of rotatable bonds is 9. The molecule has 0 saturated heterocycles. The van der Waals surface area contributed by atoms with Crippen LogP contribution in [0.5, 0.6) is 0 Å². The van der Waals surface area contributed by atoms with Gasteiger partial charge in [-0.05, 0) is 83.3 Å². The Kier molecular flexibility index (Phi) is 10.2. The smallest absolute Gasteiger partial charge is 0.359 e. The number of hydrogen-bond donors (Lipinski definition) is 0. The zero-order valence-corrected chi connectivity index (χ0v) is 32.2. The number of aryl methyl sites for hydroxylation is 3. The lowest BCUT2D eigenvalue weighted by Crippen LogP contribution is -2.57. The van der Waals surface area contributed by atoms with Crippen molar-refractivity contribution in [1.82, 2.24) is 0 Å². The first-order valence-corrected chi connectivity index (χ1v) is 18.7. The third kappa shape index (κ3) is 6.32. The molecule has 0 N–H and O–H groups in total. The highest BCUT2D eigenvalue weighted by Crippen LogP contribution is 2.51. The number of nitrogens with zero attached hydrogens (tertiary/aromatic N) is 2. The maximum absolute atomic E-state index is 2.76. The maximum atomic E-state index is 2.76. The lowest BCUT2D eigenvalue weighted by molar-refractivity contribution is 0.832. The Bertz CT molecular complexity index is 1810. The SMILES string of the molecule is Cc1cc(C)c(B2N(c3c(C(C)C)cccc3C(C)C)C(c3ccccc3)=C(c3ccccc3)N2c2c(C(C)C)cccc2C(C)C)c(C)c1. The van der Waals surface area contributed by atoms with Crippen LogP contribution in [0.1, 0.15) is 129 Å². The van der Waals surface area contributed by atoms with Gasteiger partial charge < -0.3 is 9.62 Å². The first-order valence-electron chi connectivity index (χ1n) is 18.7. The van der Waals surface area contributed by atoms with Gasteiger partial charge in [-0.25, -0.2) is 0 Å². The van der Waals surface area contributed by atoms with E-state index in [1.807, 2.05) is 0 Å². The van der Waals surface area contributed by atoms with Gasteiger partial charge in [0.2, 0.25) is 0 Å². The van der Waals surface area contributed by atoms with Crippen molar-refractivity contribution in [3.8, 4) is 0 Å². The molecule has 0 bridgehead atoms. The molecule has 0 aliphatic carbocycles. The quantitative estimate of drug-likeness (QED) is 0.145. The van der Waals surface area contributed by atoms with Crippen LogP contribution in [0.2, 0.25) is 0 Å². The predicted molar refractivity (Wildman–Crippen MR) is 220 cm³/mol. The Hall–Kier alpha value is -4.50. The molecule has 256 valence electrons. The van der Waals surface area contributed by atoms with Crippen LogP contribution in [0, 0.1) is 20.8 Å². The lowest BCUT2D eigenvalue weighted by Gasteiger charge is -2.39. The van der Waals surface area contributed by atoms with E-state index < -0.39 is 0 Å². The highest BCUT2D eigenvalue weighted by molar-refractivity contribution is 6.86. The minimum absolute atomic E-state index is 0.129. The number of para-hydroxylation sites is 2.